The lowest BCUT2D eigenvalue weighted by Crippen LogP contribution is -2.50. The predicted octanol–water partition coefficient (Wildman–Crippen LogP) is 2.90. The molecule has 1 saturated heterocycles. The van der Waals surface area contributed by atoms with Crippen molar-refractivity contribution < 1.29 is 4.79 Å². The Balaban J connectivity index is 1.28. The first kappa shape index (κ1) is 18.4. The van der Waals surface area contributed by atoms with Crippen molar-refractivity contribution in [3.05, 3.63) is 54.0 Å². The van der Waals surface area contributed by atoms with Gasteiger partial charge in [0.2, 0.25) is 0 Å². The Hall–Kier alpha value is -2.93. The summed E-state index contributed by atoms with van der Waals surface area (Å²) in [7, 11) is 0. The largest absolute Gasteiger partial charge is 0.322 e. The molecule has 3 heterocycles. The number of carbonyl (C=O) groups is 1. The second kappa shape index (κ2) is 7.98. The second-order valence-electron chi connectivity index (χ2n) is 7.29. The summed E-state index contributed by atoms with van der Waals surface area (Å²) < 4.78 is 2.09. The summed E-state index contributed by atoms with van der Waals surface area (Å²) in [6.07, 6.45) is 3.65. The number of nitrogens with zero attached hydrogens (tertiary/aromatic N) is 5. The molecule has 28 heavy (non-hydrogen) atoms. The van der Waals surface area contributed by atoms with E-state index >= 15 is 0 Å². The molecule has 1 aliphatic heterocycles. The van der Waals surface area contributed by atoms with Crippen molar-refractivity contribution in [3.63, 3.8) is 0 Å². The van der Waals surface area contributed by atoms with Crippen molar-refractivity contribution in [2.45, 2.75) is 20.4 Å². The van der Waals surface area contributed by atoms with Crippen LogP contribution in [-0.2, 0) is 6.54 Å². The Labute approximate surface area is 165 Å². The number of fused-ring (bicyclic) bond motifs is 1. The van der Waals surface area contributed by atoms with E-state index in [9.17, 15) is 4.79 Å². The summed E-state index contributed by atoms with van der Waals surface area (Å²) in [5.41, 5.74) is 5.05. The molecule has 1 fully saturated rings. The molecule has 0 radical (unpaired) electrons. The van der Waals surface area contributed by atoms with Crippen molar-refractivity contribution >= 4 is 22.9 Å². The number of carbonyl (C=O) groups excluding carboxylic acids is 1. The van der Waals surface area contributed by atoms with E-state index in [1.807, 2.05) is 42.4 Å². The fraction of sp³-hybridized carbons (Fsp3) is 0.381. The fourth-order valence-electron chi connectivity index (χ4n) is 3.57. The molecule has 0 spiro atoms. The van der Waals surface area contributed by atoms with Crippen LogP contribution < -0.4 is 5.32 Å². The summed E-state index contributed by atoms with van der Waals surface area (Å²) in [4.78, 5) is 25.7. The molecule has 0 bridgehead atoms. The first-order chi connectivity index (χ1) is 13.6. The Morgan fingerprint density at radius 2 is 1.86 bits per heavy atom. The van der Waals surface area contributed by atoms with Gasteiger partial charge in [-0.2, -0.15) is 0 Å². The Kier molecular flexibility index (Phi) is 5.25. The number of pyridine rings is 1. The van der Waals surface area contributed by atoms with Crippen molar-refractivity contribution in [3.8, 4) is 0 Å². The SMILES string of the molecule is Cc1cccc(NC(=O)N2CCN(CCn3cnc4cccnc43)CC2)c1C. The average molecular weight is 378 g/mol. The third kappa shape index (κ3) is 3.84. The number of nitrogens with one attached hydrogen (secondary N) is 1. The number of imidazole rings is 1. The minimum atomic E-state index is -0.0156. The molecule has 1 N–H and O–H groups in total. The van der Waals surface area contributed by atoms with Gasteiger partial charge in [0, 0.05) is 51.2 Å². The van der Waals surface area contributed by atoms with E-state index in [0.29, 0.717) is 0 Å². The van der Waals surface area contributed by atoms with Crippen LogP contribution in [0.5, 0.6) is 0 Å². The zero-order valence-electron chi connectivity index (χ0n) is 16.4. The molecule has 0 saturated carbocycles. The number of hydrogen-bond donors (Lipinski definition) is 1. The minimum Gasteiger partial charge on any atom is -0.322 e. The monoisotopic (exact) mass is 378 g/mol. The number of benzene rings is 1. The minimum absolute atomic E-state index is 0.0156. The van der Waals surface area contributed by atoms with Gasteiger partial charge in [0.15, 0.2) is 5.65 Å². The van der Waals surface area contributed by atoms with Crippen LogP contribution in [0.2, 0.25) is 0 Å². The van der Waals surface area contributed by atoms with E-state index in [1.165, 1.54) is 5.56 Å². The van der Waals surface area contributed by atoms with Gasteiger partial charge in [-0.15, -0.1) is 0 Å². The lowest BCUT2D eigenvalue weighted by atomic mass is 10.1. The van der Waals surface area contributed by atoms with E-state index in [-0.39, 0.29) is 6.03 Å². The second-order valence-corrected chi connectivity index (χ2v) is 7.29. The number of hydrogen-bond acceptors (Lipinski definition) is 4. The molecule has 2 aromatic heterocycles. The van der Waals surface area contributed by atoms with E-state index in [4.69, 9.17) is 0 Å². The lowest BCUT2D eigenvalue weighted by Gasteiger charge is -2.34. The first-order valence-electron chi connectivity index (χ1n) is 9.72. The zero-order valence-corrected chi connectivity index (χ0v) is 16.4. The topological polar surface area (TPSA) is 66.3 Å². The summed E-state index contributed by atoms with van der Waals surface area (Å²) >= 11 is 0. The molecule has 1 aromatic carbocycles. The summed E-state index contributed by atoms with van der Waals surface area (Å²) in [5, 5.41) is 3.06. The molecule has 1 aliphatic rings. The zero-order chi connectivity index (χ0) is 19.5. The van der Waals surface area contributed by atoms with Crippen molar-refractivity contribution in [2.24, 2.45) is 0 Å². The molecule has 0 aliphatic carbocycles. The van der Waals surface area contributed by atoms with Gasteiger partial charge in [-0.25, -0.2) is 14.8 Å². The van der Waals surface area contributed by atoms with Crippen LogP contribution in [-0.4, -0.2) is 63.1 Å². The number of amides is 2. The average Bonchev–Trinajstić information content (AvgIpc) is 3.13. The van der Waals surface area contributed by atoms with Crippen molar-refractivity contribution in [2.75, 3.05) is 38.0 Å². The van der Waals surface area contributed by atoms with Crippen LogP contribution in [0.4, 0.5) is 10.5 Å². The van der Waals surface area contributed by atoms with Crippen LogP contribution in [0, 0.1) is 13.8 Å². The number of urea groups is 1. The standard InChI is InChI=1S/C21H26N6O/c1-16-5-3-6-18(17(16)2)24-21(28)26-12-9-25(10-13-26)11-14-27-15-23-19-7-4-8-22-20(19)27/h3-8,15H,9-14H2,1-2H3,(H,24,28). The van der Waals surface area contributed by atoms with E-state index < -0.39 is 0 Å². The number of aromatic nitrogens is 3. The third-order valence-electron chi connectivity index (χ3n) is 5.54. The van der Waals surface area contributed by atoms with Gasteiger partial charge in [-0.3, -0.25) is 4.90 Å². The van der Waals surface area contributed by atoms with Gasteiger partial charge in [0.05, 0.1) is 6.33 Å². The van der Waals surface area contributed by atoms with Gasteiger partial charge in [-0.05, 0) is 43.2 Å². The normalized spacial score (nSPS) is 15.1. The number of piperazine rings is 1. The highest BCUT2D eigenvalue weighted by atomic mass is 16.2. The molecule has 7 heteroatoms. The molecule has 7 nitrogen and oxygen atoms in total. The molecule has 146 valence electrons. The van der Waals surface area contributed by atoms with Crippen LogP contribution in [0.3, 0.4) is 0 Å². The van der Waals surface area contributed by atoms with E-state index in [1.54, 1.807) is 6.20 Å². The third-order valence-corrected chi connectivity index (χ3v) is 5.54. The van der Waals surface area contributed by atoms with Crippen LogP contribution in [0.1, 0.15) is 11.1 Å². The molecular weight excluding hydrogens is 352 g/mol. The van der Waals surface area contributed by atoms with Gasteiger partial charge >= 0.3 is 6.03 Å². The maximum absolute atomic E-state index is 12.6. The maximum Gasteiger partial charge on any atom is 0.321 e. The van der Waals surface area contributed by atoms with Gasteiger partial charge in [-0.1, -0.05) is 12.1 Å². The van der Waals surface area contributed by atoms with Gasteiger partial charge in [0.1, 0.15) is 5.52 Å². The molecule has 4 rings (SSSR count). The lowest BCUT2D eigenvalue weighted by molar-refractivity contribution is 0.144. The van der Waals surface area contributed by atoms with E-state index in [0.717, 1.165) is 61.7 Å². The van der Waals surface area contributed by atoms with Crippen LogP contribution in [0.15, 0.2) is 42.9 Å². The first-order valence-corrected chi connectivity index (χ1v) is 9.72. The summed E-state index contributed by atoms with van der Waals surface area (Å²) in [6, 6.07) is 9.86. The summed E-state index contributed by atoms with van der Waals surface area (Å²) in [5.74, 6) is 0. The summed E-state index contributed by atoms with van der Waals surface area (Å²) in [6.45, 7) is 9.09. The molecule has 3 aromatic rings. The highest BCUT2D eigenvalue weighted by Crippen LogP contribution is 2.18. The van der Waals surface area contributed by atoms with Gasteiger partial charge in [0.25, 0.3) is 0 Å². The predicted molar refractivity (Wildman–Crippen MR) is 110 cm³/mol. The number of anilines is 1. The van der Waals surface area contributed by atoms with Crippen LogP contribution in [0.25, 0.3) is 11.2 Å². The Morgan fingerprint density at radius 1 is 1.04 bits per heavy atom. The molecule has 0 atom stereocenters. The van der Waals surface area contributed by atoms with E-state index in [2.05, 4.69) is 37.7 Å². The molecule has 0 unspecified atom stereocenters. The molecule has 2 amide bonds. The Morgan fingerprint density at radius 3 is 2.68 bits per heavy atom. The van der Waals surface area contributed by atoms with Crippen molar-refractivity contribution in [1.29, 1.82) is 0 Å². The van der Waals surface area contributed by atoms with Crippen molar-refractivity contribution in [1.82, 2.24) is 24.3 Å². The maximum atomic E-state index is 12.6. The highest BCUT2D eigenvalue weighted by Gasteiger charge is 2.21. The van der Waals surface area contributed by atoms with Crippen LogP contribution >= 0.6 is 0 Å². The quantitative estimate of drug-likeness (QED) is 0.758. The number of rotatable bonds is 4. The Bertz CT molecular complexity index is 974. The molecular formula is C21H26N6O. The fourth-order valence-corrected chi connectivity index (χ4v) is 3.57. The number of aryl methyl sites for hydroxylation is 1. The van der Waals surface area contributed by atoms with Gasteiger partial charge < -0.3 is 14.8 Å². The highest BCUT2D eigenvalue weighted by molar-refractivity contribution is 5.90. The smallest absolute Gasteiger partial charge is 0.321 e.